The molecule has 1 aromatic carbocycles. The lowest BCUT2D eigenvalue weighted by Gasteiger charge is -2.28. The highest BCUT2D eigenvalue weighted by molar-refractivity contribution is 6.10. The summed E-state index contributed by atoms with van der Waals surface area (Å²) in [6, 6.07) is 8.96. The summed E-state index contributed by atoms with van der Waals surface area (Å²) in [7, 11) is 3.14. The molecule has 2 aromatic rings. The van der Waals surface area contributed by atoms with Gasteiger partial charge in [0.25, 0.3) is 0 Å². The van der Waals surface area contributed by atoms with E-state index in [2.05, 4.69) is 0 Å². The van der Waals surface area contributed by atoms with Crippen molar-refractivity contribution >= 4 is 17.3 Å². The molecule has 0 amide bonds. The van der Waals surface area contributed by atoms with Gasteiger partial charge in [-0.25, -0.2) is 0 Å². The van der Waals surface area contributed by atoms with E-state index in [1.54, 1.807) is 39.3 Å². The Hall–Kier alpha value is -3.02. The number of furan rings is 1. The molecule has 1 heterocycles. The molecule has 6 heteroatoms. The Balaban J connectivity index is 2.02. The molecule has 3 rings (SSSR count). The second-order valence-electron chi connectivity index (χ2n) is 6.23. The maximum absolute atomic E-state index is 12.8. The first-order valence-electron chi connectivity index (χ1n) is 8.75. The highest BCUT2D eigenvalue weighted by Gasteiger charge is 2.41. The van der Waals surface area contributed by atoms with Crippen LogP contribution in [0.3, 0.4) is 0 Å². The molecule has 1 aromatic heterocycles. The second kappa shape index (κ2) is 8.12. The van der Waals surface area contributed by atoms with Gasteiger partial charge in [0.2, 0.25) is 0 Å². The van der Waals surface area contributed by atoms with E-state index in [-0.39, 0.29) is 12.4 Å². The van der Waals surface area contributed by atoms with Crippen LogP contribution in [0.15, 0.2) is 47.1 Å². The Morgan fingerprint density at radius 2 is 1.89 bits per heavy atom. The van der Waals surface area contributed by atoms with Crippen LogP contribution in [-0.4, -0.2) is 32.6 Å². The predicted molar refractivity (Wildman–Crippen MR) is 98.7 cm³/mol. The molecule has 0 radical (unpaired) electrons. The summed E-state index contributed by atoms with van der Waals surface area (Å²) in [5, 5.41) is 0. The van der Waals surface area contributed by atoms with Crippen LogP contribution < -0.4 is 9.47 Å². The van der Waals surface area contributed by atoms with Crippen LogP contribution in [0.2, 0.25) is 0 Å². The molecular formula is C21H22O6. The number of methoxy groups -OCH3 is 2. The third-order valence-corrected chi connectivity index (χ3v) is 4.64. The summed E-state index contributed by atoms with van der Waals surface area (Å²) in [6.07, 6.45) is 3.50. The monoisotopic (exact) mass is 370 g/mol. The van der Waals surface area contributed by atoms with Crippen molar-refractivity contribution in [2.75, 3.05) is 20.8 Å². The van der Waals surface area contributed by atoms with E-state index in [4.69, 9.17) is 18.6 Å². The fourth-order valence-corrected chi connectivity index (χ4v) is 3.35. The molecule has 6 nitrogen and oxygen atoms in total. The minimum absolute atomic E-state index is 0.219. The Bertz CT molecular complexity index is 827. The van der Waals surface area contributed by atoms with Crippen molar-refractivity contribution in [2.24, 2.45) is 5.92 Å². The van der Waals surface area contributed by atoms with E-state index in [1.807, 2.05) is 12.1 Å². The molecule has 0 fully saturated rings. The van der Waals surface area contributed by atoms with Gasteiger partial charge in [-0.15, -0.1) is 0 Å². The van der Waals surface area contributed by atoms with Crippen LogP contribution in [0.1, 0.15) is 30.6 Å². The first-order chi connectivity index (χ1) is 13.1. The Kier molecular flexibility index (Phi) is 5.64. The number of carbonyl (C=O) groups excluding carboxylic acids is 2. The lowest BCUT2D eigenvalue weighted by atomic mass is 9.75. The van der Waals surface area contributed by atoms with Gasteiger partial charge >= 0.3 is 5.97 Å². The lowest BCUT2D eigenvalue weighted by molar-refractivity contribution is -0.151. The van der Waals surface area contributed by atoms with Gasteiger partial charge in [-0.2, -0.15) is 0 Å². The molecule has 0 aliphatic heterocycles. The minimum Gasteiger partial charge on any atom is -0.497 e. The summed E-state index contributed by atoms with van der Waals surface area (Å²) in [5.41, 5.74) is 1.59. The van der Waals surface area contributed by atoms with Gasteiger partial charge in [0, 0.05) is 12.0 Å². The summed E-state index contributed by atoms with van der Waals surface area (Å²) in [6.45, 7) is 1.94. The third-order valence-electron chi connectivity index (χ3n) is 4.64. The molecular weight excluding hydrogens is 348 g/mol. The highest BCUT2D eigenvalue weighted by atomic mass is 16.5. The van der Waals surface area contributed by atoms with Gasteiger partial charge in [-0.3, -0.25) is 9.59 Å². The Labute approximate surface area is 157 Å². The van der Waals surface area contributed by atoms with E-state index >= 15 is 0 Å². The number of esters is 1. The number of ketones is 1. The first kappa shape index (κ1) is 18.8. The van der Waals surface area contributed by atoms with Crippen LogP contribution in [-0.2, 0) is 14.3 Å². The zero-order chi connectivity index (χ0) is 19.4. The highest BCUT2D eigenvalue weighted by Crippen LogP contribution is 2.41. The van der Waals surface area contributed by atoms with E-state index < -0.39 is 17.8 Å². The minimum atomic E-state index is -0.910. The topological polar surface area (TPSA) is 75.0 Å². The van der Waals surface area contributed by atoms with Crippen molar-refractivity contribution < 1.29 is 28.2 Å². The molecule has 1 aliphatic rings. The van der Waals surface area contributed by atoms with E-state index in [9.17, 15) is 9.59 Å². The van der Waals surface area contributed by atoms with E-state index in [0.717, 1.165) is 11.1 Å². The van der Waals surface area contributed by atoms with Gasteiger partial charge in [0.15, 0.2) is 5.78 Å². The van der Waals surface area contributed by atoms with Crippen LogP contribution >= 0.6 is 0 Å². The predicted octanol–water partition coefficient (Wildman–Crippen LogP) is 3.62. The molecule has 27 heavy (non-hydrogen) atoms. The van der Waals surface area contributed by atoms with Gasteiger partial charge < -0.3 is 18.6 Å². The van der Waals surface area contributed by atoms with Crippen LogP contribution in [0, 0.1) is 5.92 Å². The standard InChI is InChI=1S/C21H22O6/c1-4-26-21(23)20-17(19-6-5-7-27-19)10-14(11-18(20)22)13-8-15(24-2)12-16(9-13)25-3/h5-9,11-12,17,20H,4,10H2,1-3H3/t17-,20+/m1/s1. The van der Waals surface area contributed by atoms with Gasteiger partial charge in [-0.05, 0) is 54.8 Å². The van der Waals surface area contributed by atoms with Gasteiger partial charge in [0.1, 0.15) is 23.2 Å². The normalized spacial score (nSPS) is 19.4. The maximum Gasteiger partial charge on any atom is 0.317 e. The second-order valence-corrected chi connectivity index (χ2v) is 6.23. The molecule has 1 aliphatic carbocycles. The molecule has 2 atom stereocenters. The maximum atomic E-state index is 12.8. The summed E-state index contributed by atoms with van der Waals surface area (Å²) >= 11 is 0. The molecule has 0 saturated carbocycles. The largest absolute Gasteiger partial charge is 0.497 e. The number of carbonyl (C=O) groups is 2. The van der Waals surface area contributed by atoms with E-state index in [0.29, 0.717) is 23.7 Å². The molecule has 0 spiro atoms. The molecule has 0 N–H and O–H groups in total. The quantitative estimate of drug-likeness (QED) is 0.571. The van der Waals surface area contributed by atoms with Crippen molar-refractivity contribution in [3.8, 4) is 11.5 Å². The number of hydrogen-bond acceptors (Lipinski definition) is 6. The average molecular weight is 370 g/mol. The smallest absolute Gasteiger partial charge is 0.317 e. The number of ether oxygens (including phenoxy) is 3. The first-order valence-corrected chi connectivity index (χ1v) is 8.75. The molecule has 0 saturated heterocycles. The summed E-state index contributed by atoms with van der Waals surface area (Å²) < 4.78 is 21.3. The SMILES string of the molecule is CCOC(=O)[C@@H]1C(=O)C=C(c2cc(OC)cc(OC)c2)C[C@@H]1c1ccco1. The zero-order valence-corrected chi connectivity index (χ0v) is 15.6. The van der Waals surface area contributed by atoms with Crippen LogP contribution in [0.5, 0.6) is 11.5 Å². The molecule has 142 valence electrons. The van der Waals surface area contributed by atoms with Crippen molar-refractivity contribution in [1.82, 2.24) is 0 Å². The number of allylic oxidation sites excluding steroid dienone is 2. The summed E-state index contributed by atoms with van der Waals surface area (Å²) in [5.74, 6) is -0.321. The van der Waals surface area contributed by atoms with Gasteiger partial charge in [0.05, 0.1) is 27.1 Å². The van der Waals surface area contributed by atoms with Gasteiger partial charge in [-0.1, -0.05) is 0 Å². The number of benzene rings is 1. The van der Waals surface area contributed by atoms with Crippen molar-refractivity contribution in [3.05, 3.63) is 54.0 Å². The number of rotatable bonds is 6. The van der Waals surface area contributed by atoms with Crippen LogP contribution in [0.4, 0.5) is 0 Å². The zero-order valence-electron chi connectivity index (χ0n) is 15.6. The van der Waals surface area contributed by atoms with Crippen molar-refractivity contribution in [2.45, 2.75) is 19.3 Å². The Morgan fingerprint density at radius 3 is 2.44 bits per heavy atom. The molecule has 0 bridgehead atoms. The van der Waals surface area contributed by atoms with Crippen molar-refractivity contribution in [3.63, 3.8) is 0 Å². The molecule has 0 unspecified atom stereocenters. The third kappa shape index (κ3) is 3.89. The summed E-state index contributed by atoms with van der Waals surface area (Å²) in [4.78, 5) is 25.2. The van der Waals surface area contributed by atoms with Crippen LogP contribution in [0.25, 0.3) is 5.57 Å². The average Bonchev–Trinajstić information content (AvgIpc) is 3.21. The van der Waals surface area contributed by atoms with Crippen molar-refractivity contribution in [1.29, 1.82) is 0 Å². The fraction of sp³-hybridized carbons (Fsp3) is 0.333. The fourth-order valence-electron chi connectivity index (χ4n) is 3.35. The lowest BCUT2D eigenvalue weighted by Crippen LogP contribution is -2.33. The Morgan fingerprint density at radius 1 is 1.19 bits per heavy atom. The number of hydrogen-bond donors (Lipinski definition) is 0. The van der Waals surface area contributed by atoms with E-state index in [1.165, 1.54) is 12.3 Å².